The number of carboxylic acids is 1. The summed E-state index contributed by atoms with van der Waals surface area (Å²) in [6, 6.07) is 0. The van der Waals surface area contributed by atoms with Crippen molar-refractivity contribution in [2.24, 2.45) is 0 Å². The fraction of sp³-hybridized carbons (Fsp3) is 0.735. The number of carbonyl (C=O) groups is 3. The smallest absolute Gasteiger partial charge is 0.335 e. The molecule has 6 unspecified atom stereocenters. The van der Waals surface area contributed by atoms with Crippen molar-refractivity contribution in [2.45, 2.75) is 218 Å². The van der Waals surface area contributed by atoms with Gasteiger partial charge in [-0.3, -0.25) is 9.59 Å². The highest BCUT2D eigenvalue weighted by Crippen LogP contribution is 2.23. The molecule has 0 aromatic heterocycles. The Bertz CT molecular complexity index is 1230. The molecule has 0 aromatic carbocycles. The maximum absolute atomic E-state index is 12.8. The zero-order chi connectivity index (χ0) is 43.9. The summed E-state index contributed by atoms with van der Waals surface area (Å²) >= 11 is 0. The molecule has 1 rings (SSSR count). The number of carbonyl (C=O) groups excluding carboxylic acids is 2. The van der Waals surface area contributed by atoms with Crippen LogP contribution in [0, 0.1) is 0 Å². The molecule has 11 nitrogen and oxygen atoms in total. The first-order valence-corrected chi connectivity index (χ1v) is 23.3. The van der Waals surface area contributed by atoms with Gasteiger partial charge in [0.1, 0.15) is 24.9 Å². The lowest BCUT2D eigenvalue weighted by Gasteiger charge is -2.38. The van der Waals surface area contributed by atoms with Crippen LogP contribution in [-0.4, -0.2) is 88.4 Å². The highest BCUT2D eigenvalue weighted by molar-refractivity contribution is 5.73. The number of aliphatic carboxylic acids is 1. The van der Waals surface area contributed by atoms with E-state index in [9.17, 15) is 34.8 Å². The minimum absolute atomic E-state index is 0.00320. The van der Waals surface area contributed by atoms with Crippen molar-refractivity contribution in [2.75, 3.05) is 13.2 Å². The number of esters is 2. The SMILES string of the molecule is CC/C=C\C/C=C\C/C=C\C/C=C\C/C=C\CC(=O)OCC(COC1OC(C(=O)O)C(O)C(O)C1O)OC(=O)CCCCCCCCCCCCCCCCCCCCC. The van der Waals surface area contributed by atoms with Crippen molar-refractivity contribution in [1.82, 2.24) is 0 Å². The van der Waals surface area contributed by atoms with Crippen LogP contribution in [0.5, 0.6) is 0 Å². The van der Waals surface area contributed by atoms with Gasteiger partial charge in [-0.15, -0.1) is 0 Å². The van der Waals surface area contributed by atoms with Gasteiger partial charge in [-0.1, -0.05) is 190 Å². The van der Waals surface area contributed by atoms with Crippen LogP contribution in [0.4, 0.5) is 0 Å². The van der Waals surface area contributed by atoms with E-state index in [-0.39, 0.29) is 19.4 Å². The summed E-state index contributed by atoms with van der Waals surface area (Å²) in [4.78, 5) is 36.8. The molecule has 344 valence electrons. The van der Waals surface area contributed by atoms with Crippen LogP contribution < -0.4 is 0 Å². The lowest BCUT2D eigenvalue weighted by Crippen LogP contribution is -2.60. The molecule has 1 heterocycles. The van der Waals surface area contributed by atoms with Crippen molar-refractivity contribution < 1.29 is 53.8 Å². The molecule has 60 heavy (non-hydrogen) atoms. The van der Waals surface area contributed by atoms with Crippen LogP contribution in [-0.2, 0) is 33.3 Å². The molecule has 1 aliphatic rings. The summed E-state index contributed by atoms with van der Waals surface area (Å²) in [6.07, 6.45) is 38.7. The van der Waals surface area contributed by atoms with Crippen molar-refractivity contribution in [3.05, 3.63) is 60.8 Å². The number of carboxylic acid groups (broad SMARTS) is 1. The Morgan fingerprint density at radius 2 is 0.967 bits per heavy atom. The predicted molar refractivity (Wildman–Crippen MR) is 238 cm³/mol. The summed E-state index contributed by atoms with van der Waals surface area (Å²) in [7, 11) is 0. The second-order valence-corrected chi connectivity index (χ2v) is 15.9. The maximum Gasteiger partial charge on any atom is 0.335 e. The van der Waals surface area contributed by atoms with Gasteiger partial charge in [0.2, 0.25) is 0 Å². The molecule has 0 spiro atoms. The van der Waals surface area contributed by atoms with Crippen LogP contribution >= 0.6 is 0 Å². The monoisotopic (exact) mass is 847 g/mol. The van der Waals surface area contributed by atoms with E-state index in [1.807, 2.05) is 12.2 Å². The zero-order valence-electron chi connectivity index (χ0n) is 37.2. The summed E-state index contributed by atoms with van der Waals surface area (Å²) in [5.41, 5.74) is 0. The first-order chi connectivity index (χ1) is 29.2. The van der Waals surface area contributed by atoms with Gasteiger partial charge in [-0.2, -0.15) is 0 Å². The third kappa shape index (κ3) is 30.0. The average Bonchev–Trinajstić information content (AvgIpc) is 3.23. The van der Waals surface area contributed by atoms with Crippen LogP contribution in [0.1, 0.15) is 181 Å². The molecule has 0 saturated carbocycles. The summed E-state index contributed by atoms with van der Waals surface area (Å²) in [5, 5.41) is 39.8. The minimum atomic E-state index is -1.87. The quantitative estimate of drug-likeness (QED) is 0.0265. The van der Waals surface area contributed by atoms with Gasteiger partial charge >= 0.3 is 17.9 Å². The lowest BCUT2D eigenvalue weighted by atomic mass is 9.99. The average molecular weight is 847 g/mol. The number of hydrogen-bond donors (Lipinski definition) is 4. The Hall–Kier alpha value is -3.09. The van der Waals surface area contributed by atoms with E-state index < -0.39 is 61.3 Å². The second kappa shape index (κ2) is 38.8. The second-order valence-electron chi connectivity index (χ2n) is 15.9. The largest absolute Gasteiger partial charge is 0.479 e. The van der Waals surface area contributed by atoms with Crippen LogP contribution in [0.25, 0.3) is 0 Å². The van der Waals surface area contributed by atoms with Crippen LogP contribution in [0.2, 0.25) is 0 Å². The standard InChI is InChI=1S/C49H82O11/c1-3-5-7-9-11-13-15-17-19-20-21-22-24-26-28-30-32-34-36-38-43(51)59-41(40-58-49-46(54)44(52)45(53)47(60-49)48(55)56)39-57-42(50)37-35-33-31-29-27-25-23-18-16-14-12-10-8-6-4-2/h6,8,12,14,18,23,27,29,33,35,41,44-47,49,52-54H,3-5,7,9-11,13,15-17,19-22,24-26,28,30-32,34,36-40H2,1-2H3,(H,55,56)/b8-6-,14-12-,23-18-,29-27-,35-33-. The van der Waals surface area contributed by atoms with Crippen LogP contribution in [0.3, 0.4) is 0 Å². The van der Waals surface area contributed by atoms with Crippen molar-refractivity contribution in [1.29, 1.82) is 0 Å². The van der Waals surface area contributed by atoms with Gasteiger partial charge in [-0.25, -0.2) is 4.79 Å². The normalized spacial score (nSPS) is 20.3. The molecule has 1 aliphatic heterocycles. The Balaban J connectivity index is 2.39. The first-order valence-electron chi connectivity index (χ1n) is 23.3. The van der Waals surface area contributed by atoms with E-state index in [4.69, 9.17) is 18.9 Å². The Labute approximate surface area is 362 Å². The van der Waals surface area contributed by atoms with Gasteiger partial charge < -0.3 is 39.4 Å². The number of hydrogen-bond acceptors (Lipinski definition) is 10. The van der Waals surface area contributed by atoms with E-state index in [0.29, 0.717) is 12.8 Å². The molecule has 1 saturated heterocycles. The topological polar surface area (TPSA) is 169 Å². The molecule has 0 bridgehead atoms. The van der Waals surface area contributed by atoms with E-state index >= 15 is 0 Å². The number of unbranched alkanes of at least 4 members (excludes halogenated alkanes) is 18. The Morgan fingerprint density at radius 1 is 0.533 bits per heavy atom. The summed E-state index contributed by atoms with van der Waals surface area (Å²) in [5.74, 6) is -2.60. The lowest BCUT2D eigenvalue weighted by molar-refractivity contribution is -0.298. The van der Waals surface area contributed by atoms with Gasteiger partial charge in [0.05, 0.1) is 13.0 Å². The Morgan fingerprint density at radius 3 is 1.42 bits per heavy atom. The molecular formula is C49H82O11. The Kier molecular flexibility index (Phi) is 35.5. The van der Waals surface area contributed by atoms with Gasteiger partial charge in [-0.05, 0) is 38.5 Å². The molecule has 11 heteroatoms. The third-order valence-electron chi connectivity index (χ3n) is 10.4. The molecule has 6 atom stereocenters. The predicted octanol–water partition coefficient (Wildman–Crippen LogP) is 10.3. The van der Waals surface area contributed by atoms with E-state index in [1.165, 1.54) is 96.3 Å². The molecule has 4 N–H and O–H groups in total. The summed E-state index contributed by atoms with van der Waals surface area (Å²) < 4.78 is 21.6. The van der Waals surface area contributed by atoms with Gasteiger partial charge in [0.15, 0.2) is 18.5 Å². The van der Waals surface area contributed by atoms with E-state index in [1.54, 1.807) is 6.08 Å². The minimum Gasteiger partial charge on any atom is -0.479 e. The first kappa shape index (κ1) is 54.9. The molecule has 0 aromatic rings. The highest BCUT2D eigenvalue weighted by atomic mass is 16.7. The number of aliphatic hydroxyl groups excluding tert-OH is 3. The van der Waals surface area contributed by atoms with Crippen LogP contribution in [0.15, 0.2) is 60.8 Å². The maximum atomic E-state index is 12.8. The number of rotatable bonds is 38. The highest BCUT2D eigenvalue weighted by Gasteiger charge is 2.47. The molecule has 0 aliphatic carbocycles. The molecule has 1 fully saturated rings. The van der Waals surface area contributed by atoms with Crippen molar-refractivity contribution in [3.63, 3.8) is 0 Å². The van der Waals surface area contributed by atoms with Crippen molar-refractivity contribution in [3.8, 4) is 0 Å². The fourth-order valence-electron chi connectivity index (χ4n) is 6.78. The van der Waals surface area contributed by atoms with Gasteiger partial charge in [0, 0.05) is 6.42 Å². The third-order valence-corrected chi connectivity index (χ3v) is 10.4. The number of allylic oxidation sites excluding steroid dienone is 9. The van der Waals surface area contributed by atoms with E-state index in [2.05, 4.69) is 56.4 Å². The molecule has 0 radical (unpaired) electrons. The van der Waals surface area contributed by atoms with Crippen molar-refractivity contribution >= 4 is 17.9 Å². The fourth-order valence-corrected chi connectivity index (χ4v) is 6.78. The van der Waals surface area contributed by atoms with E-state index in [0.717, 1.165) is 44.9 Å². The molecular weight excluding hydrogens is 765 g/mol. The van der Waals surface area contributed by atoms with Gasteiger partial charge in [0.25, 0.3) is 0 Å². The summed E-state index contributed by atoms with van der Waals surface area (Å²) in [6.45, 7) is 3.62. The zero-order valence-corrected chi connectivity index (χ0v) is 37.2. The number of ether oxygens (including phenoxy) is 4. The number of aliphatic hydroxyl groups is 3. The molecule has 0 amide bonds.